The van der Waals surface area contributed by atoms with Gasteiger partial charge in [-0.3, -0.25) is 15.2 Å². The molecule has 25 heavy (non-hydrogen) atoms. The van der Waals surface area contributed by atoms with Crippen molar-refractivity contribution >= 4 is 11.6 Å². The summed E-state index contributed by atoms with van der Waals surface area (Å²) in [7, 11) is 0. The second-order valence-corrected chi connectivity index (χ2v) is 6.33. The van der Waals surface area contributed by atoms with Gasteiger partial charge in [-0.05, 0) is 25.0 Å². The molecule has 0 spiro atoms. The standard InChI is InChI=1S/C16H22N8O/c25-16(13-4-6-19-20-13)23-7-2-8-24-15(11-23)14(21-22-24)10-18-12-3-1-5-17-9-12/h1,3,5,9,13,18-20H,2,4,6-8,10-11H2. The van der Waals surface area contributed by atoms with Crippen molar-refractivity contribution < 1.29 is 4.79 Å². The number of anilines is 1. The second-order valence-electron chi connectivity index (χ2n) is 6.33. The molecule has 1 atom stereocenters. The lowest BCUT2D eigenvalue weighted by Gasteiger charge is -2.23. The van der Waals surface area contributed by atoms with Crippen molar-refractivity contribution in [2.24, 2.45) is 0 Å². The number of nitrogens with zero attached hydrogens (tertiary/aromatic N) is 5. The van der Waals surface area contributed by atoms with E-state index in [4.69, 9.17) is 0 Å². The lowest BCUT2D eigenvalue weighted by molar-refractivity contribution is -0.133. The van der Waals surface area contributed by atoms with Crippen molar-refractivity contribution in [3.63, 3.8) is 0 Å². The van der Waals surface area contributed by atoms with Gasteiger partial charge < -0.3 is 10.2 Å². The highest BCUT2D eigenvalue weighted by Gasteiger charge is 2.29. The van der Waals surface area contributed by atoms with Crippen LogP contribution in [0, 0.1) is 0 Å². The highest BCUT2D eigenvalue weighted by atomic mass is 16.2. The van der Waals surface area contributed by atoms with Gasteiger partial charge in [0.15, 0.2) is 0 Å². The van der Waals surface area contributed by atoms with Crippen LogP contribution in [0.15, 0.2) is 24.5 Å². The summed E-state index contributed by atoms with van der Waals surface area (Å²) in [6.45, 7) is 3.47. The number of fused-ring (bicyclic) bond motifs is 1. The summed E-state index contributed by atoms with van der Waals surface area (Å²) in [5, 5.41) is 11.9. The quantitative estimate of drug-likeness (QED) is 0.712. The summed E-state index contributed by atoms with van der Waals surface area (Å²) >= 11 is 0. The van der Waals surface area contributed by atoms with E-state index in [-0.39, 0.29) is 11.9 Å². The maximum Gasteiger partial charge on any atom is 0.241 e. The number of carbonyl (C=O) groups is 1. The summed E-state index contributed by atoms with van der Waals surface area (Å²) in [4.78, 5) is 18.7. The van der Waals surface area contributed by atoms with E-state index < -0.39 is 0 Å². The number of aryl methyl sites for hydroxylation is 1. The van der Waals surface area contributed by atoms with Crippen LogP contribution >= 0.6 is 0 Å². The van der Waals surface area contributed by atoms with Crippen LogP contribution in [0.25, 0.3) is 0 Å². The molecule has 0 aliphatic carbocycles. The normalized spacial score (nSPS) is 20.2. The minimum atomic E-state index is -0.139. The lowest BCUT2D eigenvalue weighted by atomic mass is 10.2. The van der Waals surface area contributed by atoms with Gasteiger partial charge in [0.1, 0.15) is 11.7 Å². The van der Waals surface area contributed by atoms with Gasteiger partial charge in [0.25, 0.3) is 0 Å². The number of amides is 1. The Bertz CT molecular complexity index is 725. The number of aromatic nitrogens is 4. The van der Waals surface area contributed by atoms with Gasteiger partial charge in [-0.2, -0.15) is 0 Å². The minimum absolute atomic E-state index is 0.139. The molecule has 3 N–H and O–H groups in total. The van der Waals surface area contributed by atoms with Gasteiger partial charge >= 0.3 is 0 Å². The molecule has 2 aromatic rings. The Hall–Kier alpha value is -2.52. The number of hydrogen-bond donors (Lipinski definition) is 3. The molecule has 132 valence electrons. The number of carbonyl (C=O) groups excluding carboxylic acids is 1. The second kappa shape index (κ2) is 7.16. The zero-order valence-electron chi connectivity index (χ0n) is 14.0. The van der Waals surface area contributed by atoms with Crippen molar-refractivity contribution in [2.45, 2.75) is 38.5 Å². The molecule has 2 aliphatic rings. The first kappa shape index (κ1) is 16.0. The van der Waals surface area contributed by atoms with Crippen LogP contribution in [0.4, 0.5) is 5.69 Å². The Balaban J connectivity index is 1.48. The van der Waals surface area contributed by atoms with Gasteiger partial charge in [0, 0.05) is 32.0 Å². The molecule has 9 heteroatoms. The van der Waals surface area contributed by atoms with Crippen molar-refractivity contribution in [2.75, 3.05) is 18.4 Å². The molecule has 1 unspecified atom stereocenters. The third-order valence-electron chi connectivity index (χ3n) is 4.62. The van der Waals surface area contributed by atoms with Crippen LogP contribution in [0.2, 0.25) is 0 Å². The Labute approximate surface area is 145 Å². The first-order valence-corrected chi connectivity index (χ1v) is 8.63. The molecule has 4 rings (SSSR count). The lowest BCUT2D eigenvalue weighted by Crippen LogP contribution is -2.45. The van der Waals surface area contributed by atoms with Gasteiger partial charge in [-0.15, -0.1) is 5.10 Å². The maximum atomic E-state index is 12.7. The largest absolute Gasteiger partial charge is 0.378 e. The predicted octanol–water partition coefficient (Wildman–Crippen LogP) is -0.116. The van der Waals surface area contributed by atoms with Crippen LogP contribution in [0.3, 0.4) is 0 Å². The summed E-state index contributed by atoms with van der Waals surface area (Å²) in [5.74, 6) is 0.144. The Morgan fingerprint density at radius 1 is 1.40 bits per heavy atom. The summed E-state index contributed by atoms with van der Waals surface area (Å²) in [6, 6.07) is 3.71. The fourth-order valence-corrected chi connectivity index (χ4v) is 3.26. The topological polar surface area (TPSA) is 100 Å². The zero-order chi connectivity index (χ0) is 17.1. The third kappa shape index (κ3) is 3.47. The van der Waals surface area contributed by atoms with Gasteiger partial charge in [-0.25, -0.2) is 10.1 Å². The molecule has 1 fully saturated rings. The molecule has 1 saturated heterocycles. The van der Waals surface area contributed by atoms with E-state index in [0.717, 1.165) is 49.6 Å². The van der Waals surface area contributed by atoms with Gasteiger partial charge in [0.2, 0.25) is 5.91 Å². The first-order chi connectivity index (χ1) is 12.3. The number of rotatable bonds is 4. The van der Waals surface area contributed by atoms with Crippen molar-refractivity contribution in [3.8, 4) is 0 Å². The number of pyridine rings is 1. The Morgan fingerprint density at radius 2 is 2.36 bits per heavy atom. The molecule has 2 aliphatic heterocycles. The van der Waals surface area contributed by atoms with Crippen molar-refractivity contribution in [3.05, 3.63) is 35.9 Å². The van der Waals surface area contributed by atoms with E-state index >= 15 is 0 Å². The van der Waals surface area contributed by atoms with E-state index in [9.17, 15) is 4.79 Å². The third-order valence-corrected chi connectivity index (χ3v) is 4.62. The van der Waals surface area contributed by atoms with Crippen LogP contribution in [0.1, 0.15) is 24.2 Å². The summed E-state index contributed by atoms with van der Waals surface area (Å²) in [6.07, 6.45) is 5.22. The molecule has 2 aromatic heterocycles. The summed E-state index contributed by atoms with van der Waals surface area (Å²) in [5.41, 5.74) is 8.90. The van der Waals surface area contributed by atoms with Gasteiger partial charge in [0.05, 0.1) is 24.5 Å². The number of hydrazine groups is 1. The highest BCUT2D eigenvalue weighted by Crippen LogP contribution is 2.17. The summed E-state index contributed by atoms with van der Waals surface area (Å²) < 4.78 is 1.92. The highest BCUT2D eigenvalue weighted by molar-refractivity contribution is 5.82. The van der Waals surface area contributed by atoms with Gasteiger partial charge in [-0.1, -0.05) is 5.21 Å². The average Bonchev–Trinajstić information content (AvgIpc) is 3.26. The monoisotopic (exact) mass is 342 g/mol. The van der Waals surface area contributed by atoms with Crippen molar-refractivity contribution in [1.82, 2.24) is 35.7 Å². The predicted molar refractivity (Wildman–Crippen MR) is 91.2 cm³/mol. The Morgan fingerprint density at radius 3 is 3.16 bits per heavy atom. The van der Waals surface area contributed by atoms with Crippen LogP contribution in [-0.2, 0) is 24.4 Å². The molecule has 0 bridgehead atoms. The fourth-order valence-electron chi connectivity index (χ4n) is 3.26. The molecular weight excluding hydrogens is 320 g/mol. The van der Waals surface area contributed by atoms with E-state index in [1.165, 1.54) is 0 Å². The number of hydrogen-bond acceptors (Lipinski definition) is 7. The zero-order valence-corrected chi connectivity index (χ0v) is 14.0. The average molecular weight is 342 g/mol. The molecular formula is C16H22N8O. The molecule has 9 nitrogen and oxygen atoms in total. The smallest absolute Gasteiger partial charge is 0.241 e. The maximum absolute atomic E-state index is 12.7. The Kier molecular flexibility index (Phi) is 4.57. The van der Waals surface area contributed by atoms with Crippen LogP contribution in [0.5, 0.6) is 0 Å². The molecule has 1 amide bonds. The molecule has 0 aromatic carbocycles. The van der Waals surface area contributed by atoms with E-state index in [1.54, 1.807) is 12.4 Å². The number of nitrogens with one attached hydrogen (secondary N) is 3. The molecule has 0 radical (unpaired) electrons. The van der Waals surface area contributed by atoms with E-state index in [2.05, 4.69) is 31.5 Å². The van der Waals surface area contributed by atoms with E-state index in [1.807, 2.05) is 21.7 Å². The SMILES string of the molecule is O=C(C1CCNN1)N1CCCn2nnc(CNc3cccnc3)c2C1. The van der Waals surface area contributed by atoms with Crippen LogP contribution in [-0.4, -0.2) is 49.9 Å². The fraction of sp³-hybridized carbons (Fsp3) is 0.500. The van der Waals surface area contributed by atoms with Crippen molar-refractivity contribution in [1.29, 1.82) is 0 Å². The molecule has 4 heterocycles. The van der Waals surface area contributed by atoms with Crippen LogP contribution < -0.4 is 16.2 Å². The van der Waals surface area contributed by atoms with E-state index in [0.29, 0.717) is 13.1 Å². The molecule has 0 saturated carbocycles. The first-order valence-electron chi connectivity index (χ1n) is 8.63. The minimum Gasteiger partial charge on any atom is -0.378 e.